The topological polar surface area (TPSA) is 90.0 Å². The minimum absolute atomic E-state index is 0.0805. The van der Waals surface area contributed by atoms with Crippen molar-refractivity contribution in [2.75, 3.05) is 13.7 Å². The van der Waals surface area contributed by atoms with Crippen LogP contribution in [0.3, 0.4) is 0 Å². The average Bonchev–Trinajstić information content (AvgIpc) is 2.96. The number of hydrogen-bond donors (Lipinski definition) is 0. The van der Waals surface area contributed by atoms with Crippen LogP contribution in [0.5, 0.6) is 5.75 Å². The van der Waals surface area contributed by atoms with Gasteiger partial charge in [0.25, 0.3) is 11.1 Å². The standard InChI is InChI=1S/C20H13Cl2NO6S/c1-28-17(24)10-23-18(25)16(30-20(23)27)8-11-4-2-3-5-15(11)29-19(26)13-7-6-12(21)9-14(13)22/h2-9H,10H2,1H3/b16-8-. The van der Waals surface area contributed by atoms with Crippen molar-refractivity contribution in [3.05, 3.63) is 68.5 Å². The van der Waals surface area contributed by atoms with E-state index in [-0.39, 0.29) is 21.2 Å². The molecule has 1 aliphatic rings. The van der Waals surface area contributed by atoms with Gasteiger partial charge in [-0.3, -0.25) is 19.3 Å². The van der Waals surface area contributed by atoms with Crippen LogP contribution in [0.1, 0.15) is 15.9 Å². The molecular formula is C20H13Cl2NO6S. The number of methoxy groups -OCH3 is 1. The molecule has 0 spiro atoms. The van der Waals surface area contributed by atoms with Crippen molar-refractivity contribution in [2.24, 2.45) is 0 Å². The lowest BCUT2D eigenvalue weighted by atomic mass is 10.1. The third kappa shape index (κ3) is 4.84. The first kappa shape index (κ1) is 21.9. The molecule has 0 unspecified atom stereocenters. The molecule has 30 heavy (non-hydrogen) atoms. The number of para-hydroxylation sites is 1. The summed E-state index contributed by atoms with van der Waals surface area (Å²) < 4.78 is 9.92. The van der Waals surface area contributed by atoms with Gasteiger partial charge in [-0.25, -0.2) is 4.79 Å². The Morgan fingerprint density at radius 1 is 1.13 bits per heavy atom. The van der Waals surface area contributed by atoms with Gasteiger partial charge < -0.3 is 9.47 Å². The second-order valence-electron chi connectivity index (χ2n) is 5.90. The molecule has 0 aliphatic carbocycles. The van der Waals surface area contributed by atoms with Gasteiger partial charge in [0.15, 0.2) is 0 Å². The van der Waals surface area contributed by atoms with Gasteiger partial charge in [-0.1, -0.05) is 41.4 Å². The molecule has 154 valence electrons. The highest BCUT2D eigenvalue weighted by Gasteiger charge is 2.36. The van der Waals surface area contributed by atoms with Gasteiger partial charge in [-0.2, -0.15) is 0 Å². The van der Waals surface area contributed by atoms with E-state index in [9.17, 15) is 19.2 Å². The number of benzene rings is 2. The maximum absolute atomic E-state index is 12.5. The first-order valence-corrected chi connectivity index (χ1v) is 9.96. The molecule has 7 nitrogen and oxygen atoms in total. The van der Waals surface area contributed by atoms with Crippen LogP contribution in [0.2, 0.25) is 10.0 Å². The van der Waals surface area contributed by atoms with Crippen molar-refractivity contribution in [1.82, 2.24) is 4.90 Å². The quantitative estimate of drug-likeness (QED) is 0.366. The number of carbonyl (C=O) groups excluding carboxylic acids is 4. The van der Waals surface area contributed by atoms with Gasteiger partial charge in [0.1, 0.15) is 12.3 Å². The molecule has 10 heteroatoms. The maximum Gasteiger partial charge on any atom is 0.345 e. The Balaban J connectivity index is 1.85. The highest BCUT2D eigenvalue weighted by molar-refractivity contribution is 8.18. The normalized spacial score (nSPS) is 14.9. The number of ether oxygens (including phenoxy) is 2. The third-order valence-electron chi connectivity index (χ3n) is 3.95. The van der Waals surface area contributed by atoms with Gasteiger partial charge in [-0.15, -0.1) is 0 Å². The molecule has 0 radical (unpaired) electrons. The van der Waals surface area contributed by atoms with Gasteiger partial charge in [-0.05, 0) is 42.1 Å². The Morgan fingerprint density at radius 2 is 1.87 bits per heavy atom. The Labute approximate surface area is 185 Å². The number of carbonyl (C=O) groups is 4. The third-order valence-corrected chi connectivity index (χ3v) is 5.40. The molecule has 2 aromatic rings. The van der Waals surface area contributed by atoms with Gasteiger partial charge in [0, 0.05) is 10.6 Å². The number of hydrogen-bond acceptors (Lipinski definition) is 7. The van der Waals surface area contributed by atoms with Crippen LogP contribution < -0.4 is 4.74 Å². The highest BCUT2D eigenvalue weighted by atomic mass is 35.5. The lowest BCUT2D eigenvalue weighted by Crippen LogP contribution is -2.34. The molecule has 1 heterocycles. The predicted molar refractivity (Wildman–Crippen MR) is 113 cm³/mol. The van der Waals surface area contributed by atoms with Crippen LogP contribution in [0.15, 0.2) is 47.4 Å². The number of rotatable bonds is 5. The van der Waals surface area contributed by atoms with E-state index in [1.54, 1.807) is 18.2 Å². The van der Waals surface area contributed by atoms with Crippen LogP contribution >= 0.6 is 35.0 Å². The van der Waals surface area contributed by atoms with E-state index in [2.05, 4.69) is 4.74 Å². The minimum Gasteiger partial charge on any atom is -0.468 e. The SMILES string of the molecule is COC(=O)CN1C(=O)S/C(=C\c2ccccc2OC(=O)c2ccc(Cl)cc2Cl)C1=O. The maximum atomic E-state index is 12.5. The molecule has 0 aromatic heterocycles. The van der Waals surface area contributed by atoms with Gasteiger partial charge >= 0.3 is 11.9 Å². The summed E-state index contributed by atoms with van der Waals surface area (Å²) >= 11 is 12.6. The first-order valence-electron chi connectivity index (χ1n) is 8.38. The summed E-state index contributed by atoms with van der Waals surface area (Å²) in [5.41, 5.74) is 0.508. The highest BCUT2D eigenvalue weighted by Crippen LogP contribution is 2.34. The van der Waals surface area contributed by atoms with Gasteiger partial charge in [0.05, 0.1) is 22.6 Å². The molecule has 2 amide bonds. The molecular weight excluding hydrogens is 453 g/mol. The Morgan fingerprint density at radius 3 is 2.57 bits per heavy atom. The van der Waals surface area contributed by atoms with Crippen LogP contribution in [0.4, 0.5) is 4.79 Å². The van der Waals surface area contributed by atoms with Gasteiger partial charge in [0.2, 0.25) is 0 Å². The zero-order chi connectivity index (χ0) is 21.8. The Kier molecular flexibility index (Phi) is 6.81. The Bertz CT molecular complexity index is 1080. The summed E-state index contributed by atoms with van der Waals surface area (Å²) in [4.78, 5) is 49.3. The van der Waals surface area contributed by atoms with Crippen LogP contribution in [0.25, 0.3) is 6.08 Å². The number of halogens is 2. The second-order valence-corrected chi connectivity index (χ2v) is 7.73. The predicted octanol–water partition coefficient (Wildman–Crippen LogP) is 4.42. The van der Waals surface area contributed by atoms with E-state index >= 15 is 0 Å². The zero-order valence-electron chi connectivity index (χ0n) is 15.4. The summed E-state index contributed by atoms with van der Waals surface area (Å²) in [5.74, 6) is -1.91. The molecule has 1 fully saturated rings. The van der Waals surface area contributed by atoms with E-state index in [4.69, 9.17) is 27.9 Å². The molecule has 2 aromatic carbocycles. The number of amides is 2. The molecule has 0 saturated carbocycles. The van der Waals surface area contributed by atoms with Crippen LogP contribution in [-0.2, 0) is 14.3 Å². The number of thioether (sulfide) groups is 1. The van der Waals surface area contributed by atoms with E-state index in [1.807, 2.05) is 0 Å². The van der Waals surface area contributed by atoms with Crippen molar-refractivity contribution in [3.8, 4) is 5.75 Å². The van der Waals surface area contributed by atoms with E-state index in [1.165, 1.54) is 30.3 Å². The average molecular weight is 466 g/mol. The van der Waals surface area contributed by atoms with E-state index in [0.29, 0.717) is 22.3 Å². The summed E-state index contributed by atoms with van der Waals surface area (Å²) in [5, 5.41) is -0.0902. The lowest BCUT2D eigenvalue weighted by molar-refractivity contribution is -0.143. The smallest absolute Gasteiger partial charge is 0.345 e. The molecule has 3 rings (SSSR count). The number of imide groups is 1. The van der Waals surface area contributed by atoms with Crippen molar-refractivity contribution in [1.29, 1.82) is 0 Å². The Hall–Kier alpha value is -2.81. The van der Waals surface area contributed by atoms with Crippen LogP contribution in [-0.4, -0.2) is 41.6 Å². The molecule has 0 atom stereocenters. The fourth-order valence-corrected chi connectivity index (χ4v) is 3.79. The number of nitrogens with zero attached hydrogens (tertiary/aromatic N) is 1. The van der Waals surface area contributed by atoms with Crippen molar-refractivity contribution in [2.45, 2.75) is 0 Å². The lowest BCUT2D eigenvalue weighted by Gasteiger charge is -2.10. The second kappa shape index (κ2) is 9.34. The van der Waals surface area contributed by atoms with Crippen LogP contribution in [0, 0.1) is 0 Å². The van der Waals surface area contributed by atoms with Crippen molar-refractivity contribution >= 4 is 64.1 Å². The summed E-state index contributed by atoms with van der Waals surface area (Å²) in [6, 6.07) is 10.8. The van der Waals surface area contributed by atoms with E-state index in [0.717, 1.165) is 12.0 Å². The molecule has 0 N–H and O–H groups in total. The molecule has 1 saturated heterocycles. The summed E-state index contributed by atoms with van der Waals surface area (Å²) in [6.07, 6.45) is 1.41. The zero-order valence-corrected chi connectivity index (χ0v) is 17.7. The first-order chi connectivity index (χ1) is 14.3. The molecule has 0 bridgehead atoms. The monoisotopic (exact) mass is 465 g/mol. The fourth-order valence-electron chi connectivity index (χ4n) is 2.47. The summed E-state index contributed by atoms with van der Waals surface area (Å²) in [6.45, 7) is -0.482. The molecule has 1 aliphatic heterocycles. The summed E-state index contributed by atoms with van der Waals surface area (Å²) in [7, 11) is 1.16. The minimum atomic E-state index is -0.715. The fraction of sp³-hybridized carbons (Fsp3) is 0.100. The van der Waals surface area contributed by atoms with E-state index < -0.39 is 29.6 Å². The number of esters is 2. The largest absolute Gasteiger partial charge is 0.468 e. The van der Waals surface area contributed by atoms with Crippen molar-refractivity contribution in [3.63, 3.8) is 0 Å². The van der Waals surface area contributed by atoms with Crippen molar-refractivity contribution < 1.29 is 28.7 Å².